The minimum absolute atomic E-state index is 0.0293. The van der Waals surface area contributed by atoms with Crippen molar-refractivity contribution in [1.82, 2.24) is 5.32 Å². The van der Waals surface area contributed by atoms with Crippen molar-refractivity contribution in [3.05, 3.63) is 35.4 Å². The van der Waals surface area contributed by atoms with Gasteiger partial charge in [-0.15, -0.1) is 0 Å². The van der Waals surface area contributed by atoms with E-state index >= 15 is 0 Å². The molecule has 7 nitrogen and oxygen atoms in total. The quantitative estimate of drug-likeness (QED) is 0.502. The van der Waals surface area contributed by atoms with Crippen molar-refractivity contribution in [3.63, 3.8) is 0 Å². The van der Waals surface area contributed by atoms with E-state index in [1.165, 1.54) is 0 Å². The third-order valence-corrected chi connectivity index (χ3v) is 2.10. The minimum atomic E-state index is -0.833. The maximum Gasteiger partial charge on any atom is 0.407 e. The Hall–Kier alpha value is -2.57. The van der Waals surface area contributed by atoms with Gasteiger partial charge in [0.25, 0.3) is 5.97 Å². The van der Waals surface area contributed by atoms with Crippen molar-refractivity contribution in [3.8, 4) is 0 Å². The average Bonchev–Trinajstić information content (AvgIpc) is 2.34. The fraction of sp³-hybridized carbons (Fsp3) is 0.400. The number of carbonyl (C=O) groups excluding carboxylic acids is 1. The number of benzene rings is 1. The summed E-state index contributed by atoms with van der Waals surface area (Å²) < 4.78 is 5.12. The number of amides is 1. The van der Waals surface area contributed by atoms with E-state index < -0.39 is 17.7 Å². The van der Waals surface area contributed by atoms with Crippen molar-refractivity contribution in [2.24, 2.45) is 5.73 Å². The first-order chi connectivity index (χ1) is 10.0. The zero-order valence-electron chi connectivity index (χ0n) is 13.3. The number of nitrogens with two attached hydrogens (primary N) is 1. The summed E-state index contributed by atoms with van der Waals surface area (Å²) in [4.78, 5) is 20.4. The summed E-state index contributed by atoms with van der Waals surface area (Å²) in [5.41, 5.74) is 6.44. The molecule has 0 heterocycles. The van der Waals surface area contributed by atoms with E-state index in [2.05, 4.69) is 5.32 Å². The third kappa shape index (κ3) is 10.2. The van der Waals surface area contributed by atoms with Gasteiger partial charge < -0.3 is 20.9 Å². The van der Waals surface area contributed by atoms with Gasteiger partial charge in [-0.1, -0.05) is 24.3 Å². The molecule has 1 aromatic rings. The summed E-state index contributed by atoms with van der Waals surface area (Å²) in [6.45, 7) is 6.91. The molecule has 0 aliphatic heterocycles. The van der Waals surface area contributed by atoms with Gasteiger partial charge in [-0.2, -0.15) is 0 Å². The van der Waals surface area contributed by atoms with E-state index in [9.17, 15) is 4.79 Å². The van der Waals surface area contributed by atoms with Gasteiger partial charge >= 0.3 is 6.09 Å². The lowest BCUT2D eigenvalue weighted by atomic mass is 10.1. The number of amidine groups is 1. The molecule has 0 unspecified atom stereocenters. The maximum atomic E-state index is 11.4. The highest BCUT2D eigenvalue weighted by Gasteiger charge is 2.15. The molecule has 0 radical (unpaired) electrons. The first-order valence-corrected chi connectivity index (χ1v) is 6.61. The second kappa shape index (κ2) is 8.66. The van der Waals surface area contributed by atoms with Crippen LogP contribution in [0.25, 0.3) is 0 Å². The molecule has 1 aromatic carbocycles. The number of carbonyl (C=O) groups is 2. The van der Waals surface area contributed by atoms with Crippen LogP contribution in [0.15, 0.2) is 24.3 Å². The molecule has 0 aromatic heterocycles. The molecule has 1 rings (SSSR count). The van der Waals surface area contributed by atoms with Crippen LogP contribution in [0, 0.1) is 5.41 Å². The number of alkyl carbamates (subject to hydrolysis) is 1. The predicted octanol–water partition coefficient (Wildman–Crippen LogP) is 2.09. The fourth-order valence-corrected chi connectivity index (χ4v) is 1.29. The molecule has 0 saturated heterocycles. The Bertz CT molecular complexity index is 515. The lowest BCUT2D eigenvalue weighted by Gasteiger charge is -2.19. The van der Waals surface area contributed by atoms with Crippen LogP contribution in [0.2, 0.25) is 0 Å². The van der Waals surface area contributed by atoms with Gasteiger partial charge in [-0.05, 0) is 26.3 Å². The van der Waals surface area contributed by atoms with Crippen LogP contribution < -0.4 is 11.1 Å². The Morgan fingerprint density at radius 2 is 1.73 bits per heavy atom. The fourth-order valence-electron chi connectivity index (χ4n) is 1.29. The molecule has 5 N–H and O–H groups in total. The molecule has 0 aliphatic carbocycles. The van der Waals surface area contributed by atoms with Gasteiger partial charge in [-0.25, -0.2) is 4.79 Å². The van der Waals surface area contributed by atoms with E-state index in [-0.39, 0.29) is 5.84 Å². The smallest absolute Gasteiger partial charge is 0.407 e. The Balaban J connectivity index is 0.000000980. The molecule has 0 bridgehead atoms. The normalized spacial score (nSPS) is 10.0. The van der Waals surface area contributed by atoms with E-state index in [0.717, 1.165) is 12.5 Å². The van der Waals surface area contributed by atoms with Crippen LogP contribution in [-0.4, -0.2) is 28.6 Å². The van der Waals surface area contributed by atoms with Gasteiger partial charge in [0.05, 0.1) is 0 Å². The van der Waals surface area contributed by atoms with Crippen molar-refractivity contribution < 1.29 is 19.4 Å². The lowest BCUT2D eigenvalue weighted by Crippen LogP contribution is -2.32. The molecule has 0 saturated carbocycles. The van der Waals surface area contributed by atoms with Crippen LogP contribution in [0.1, 0.15) is 38.8 Å². The molecular weight excluding hydrogens is 286 g/mol. The van der Waals surface area contributed by atoms with Gasteiger partial charge in [0, 0.05) is 19.0 Å². The summed E-state index contributed by atoms with van der Waals surface area (Å²) >= 11 is 0. The molecule has 22 heavy (non-hydrogen) atoms. The van der Waals surface area contributed by atoms with Crippen molar-refractivity contribution in [2.45, 2.75) is 39.8 Å². The number of nitrogen functional groups attached to an aromatic ring is 1. The molecule has 0 fully saturated rings. The van der Waals surface area contributed by atoms with Crippen molar-refractivity contribution in [2.75, 3.05) is 0 Å². The van der Waals surface area contributed by atoms with Crippen LogP contribution >= 0.6 is 0 Å². The van der Waals surface area contributed by atoms with E-state index in [0.29, 0.717) is 12.1 Å². The predicted molar refractivity (Wildman–Crippen MR) is 83.8 cm³/mol. The topological polar surface area (TPSA) is 125 Å². The largest absolute Gasteiger partial charge is 0.481 e. The van der Waals surface area contributed by atoms with Crippen LogP contribution in [-0.2, 0) is 16.1 Å². The first kappa shape index (κ1) is 19.4. The summed E-state index contributed by atoms with van der Waals surface area (Å²) in [6.07, 6.45) is -0.446. The van der Waals surface area contributed by atoms with Crippen molar-refractivity contribution in [1.29, 1.82) is 5.41 Å². The van der Waals surface area contributed by atoms with Gasteiger partial charge in [0.1, 0.15) is 11.4 Å². The zero-order valence-corrected chi connectivity index (χ0v) is 13.3. The number of carboxylic acid groups (broad SMARTS) is 1. The zero-order chi connectivity index (χ0) is 17.3. The number of nitrogens with one attached hydrogen (secondary N) is 2. The van der Waals surface area contributed by atoms with Gasteiger partial charge in [0.2, 0.25) is 0 Å². The lowest BCUT2D eigenvalue weighted by molar-refractivity contribution is -0.134. The number of ether oxygens (including phenoxy) is 1. The summed E-state index contributed by atoms with van der Waals surface area (Å²) in [5, 5.41) is 17.3. The Morgan fingerprint density at radius 1 is 1.27 bits per heavy atom. The number of rotatable bonds is 3. The molecule has 7 heteroatoms. The number of hydrogen-bond acceptors (Lipinski definition) is 4. The Morgan fingerprint density at radius 3 is 2.09 bits per heavy atom. The molecule has 1 amide bonds. The van der Waals surface area contributed by atoms with Crippen LogP contribution in [0.3, 0.4) is 0 Å². The Kier molecular flexibility index (Phi) is 7.65. The monoisotopic (exact) mass is 309 g/mol. The number of carboxylic acids is 1. The molecule has 0 aliphatic rings. The highest BCUT2D eigenvalue weighted by atomic mass is 16.6. The number of aliphatic carboxylic acids is 1. The SMILES string of the molecule is CC(=O)O.CC(C)(C)OC(=O)NCc1ccc(C(=N)N)cc1. The molecule has 122 valence electrons. The second-order valence-corrected chi connectivity index (χ2v) is 5.49. The van der Waals surface area contributed by atoms with Crippen molar-refractivity contribution >= 4 is 17.9 Å². The average molecular weight is 309 g/mol. The minimum Gasteiger partial charge on any atom is -0.481 e. The van der Waals surface area contributed by atoms with E-state index in [4.69, 9.17) is 25.8 Å². The van der Waals surface area contributed by atoms with Crippen LogP contribution in [0.4, 0.5) is 4.79 Å². The molecule has 0 spiro atoms. The van der Waals surface area contributed by atoms with E-state index in [1.807, 2.05) is 32.9 Å². The first-order valence-electron chi connectivity index (χ1n) is 6.61. The third-order valence-electron chi connectivity index (χ3n) is 2.10. The number of hydrogen-bond donors (Lipinski definition) is 4. The van der Waals surface area contributed by atoms with Crippen LogP contribution in [0.5, 0.6) is 0 Å². The van der Waals surface area contributed by atoms with E-state index in [1.54, 1.807) is 12.1 Å². The summed E-state index contributed by atoms with van der Waals surface area (Å²) in [7, 11) is 0. The summed E-state index contributed by atoms with van der Waals surface area (Å²) in [6, 6.07) is 7.12. The standard InChI is InChI=1S/C13H19N3O2.C2H4O2/c1-13(2,3)18-12(17)16-8-9-4-6-10(7-5-9)11(14)15;1-2(3)4/h4-7H,8H2,1-3H3,(H3,14,15)(H,16,17);1H3,(H,3,4). The van der Waals surface area contributed by atoms with Gasteiger partial charge in [0.15, 0.2) is 0 Å². The highest BCUT2D eigenvalue weighted by molar-refractivity contribution is 5.94. The summed E-state index contributed by atoms with van der Waals surface area (Å²) in [5.74, 6) is -0.804. The second-order valence-electron chi connectivity index (χ2n) is 5.49. The maximum absolute atomic E-state index is 11.4. The molecular formula is C15H23N3O4. The highest BCUT2D eigenvalue weighted by Crippen LogP contribution is 2.07. The van der Waals surface area contributed by atoms with Gasteiger partial charge in [-0.3, -0.25) is 10.2 Å². The molecule has 0 atom stereocenters. The Labute approximate surface area is 130 Å².